The van der Waals surface area contributed by atoms with Gasteiger partial charge in [0.05, 0.1) is 12.5 Å². The lowest BCUT2D eigenvalue weighted by atomic mass is 10.1. The third kappa shape index (κ3) is 3.32. The third-order valence-corrected chi connectivity index (χ3v) is 2.57. The number of nitriles is 1. The van der Waals surface area contributed by atoms with Crippen LogP contribution in [0, 0.1) is 11.3 Å². The number of rotatable bonds is 5. The minimum Gasteiger partial charge on any atom is -0.480 e. The Hall–Kier alpha value is -2.35. The molecule has 1 atom stereocenters. The second-order valence-electron chi connectivity index (χ2n) is 3.79. The molecule has 18 heavy (non-hydrogen) atoms. The first-order valence-corrected chi connectivity index (χ1v) is 5.53. The smallest absolute Gasteiger partial charge is 0.326 e. The standard InChI is InChI=1S/C13H14N2O3/c1-10(13(17)18)15(9-5-8-14)12(16)11-6-3-2-4-7-11/h2-4,6-7,10H,5,9H2,1H3,(H,17,18). The van der Waals surface area contributed by atoms with E-state index in [1.165, 1.54) is 11.8 Å². The van der Waals surface area contributed by atoms with Gasteiger partial charge in [-0.25, -0.2) is 4.79 Å². The van der Waals surface area contributed by atoms with Crippen molar-refractivity contribution in [3.63, 3.8) is 0 Å². The van der Waals surface area contributed by atoms with E-state index in [0.29, 0.717) is 5.56 Å². The van der Waals surface area contributed by atoms with Crippen LogP contribution in [0.15, 0.2) is 30.3 Å². The Labute approximate surface area is 105 Å². The first-order chi connectivity index (χ1) is 8.57. The molecule has 0 bridgehead atoms. The fourth-order valence-corrected chi connectivity index (χ4v) is 1.52. The predicted molar refractivity (Wildman–Crippen MR) is 64.8 cm³/mol. The van der Waals surface area contributed by atoms with E-state index in [2.05, 4.69) is 0 Å². The van der Waals surface area contributed by atoms with Crippen molar-refractivity contribution in [2.24, 2.45) is 0 Å². The number of aliphatic carboxylic acids is 1. The Morgan fingerprint density at radius 1 is 1.39 bits per heavy atom. The van der Waals surface area contributed by atoms with Crippen molar-refractivity contribution in [3.8, 4) is 6.07 Å². The van der Waals surface area contributed by atoms with Crippen molar-refractivity contribution >= 4 is 11.9 Å². The second-order valence-corrected chi connectivity index (χ2v) is 3.79. The Balaban J connectivity index is 2.93. The molecule has 0 saturated carbocycles. The number of hydrogen-bond donors (Lipinski definition) is 1. The third-order valence-electron chi connectivity index (χ3n) is 2.57. The molecule has 0 aliphatic heterocycles. The molecule has 0 heterocycles. The van der Waals surface area contributed by atoms with Gasteiger partial charge in [0.15, 0.2) is 0 Å². The lowest BCUT2D eigenvalue weighted by Gasteiger charge is -2.25. The monoisotopic (exact) mass is 246 g/mol. The number of carbonyl (C=O) groups excluding carboxylic acids is 1. The Bertz CT molecular complexity index is 465. The Kier molecular flexibility index (Phi) is 4.88. The zero-order valence-corrected chi connectivity index (χ0v) is 10.0. The molecule has 5 nitrogen and oxygen atoms in total. The van der Waals surface area contributed by atoms with Gasteiger partial charge >= 0.3 is 5.97 Å². The van der Waals surface area contributed by atoms with Gasteiger partial charge in [-0.05, 0) is 19.1 Å². The van der Waals surface area contributed by atoms with Gasteiger partial charge in [0, 0.05) is 12.1 Å². The largest absolute Gasteiger partial charge is 0.480 e. The van der Waals surface area contributed by atoms with Crippen LogP contribution in [0.1, 0.15) is 23.7 Å². The second kappa shape index (κ2) is 6.40. The summed E-state index contributed by atoms with van der Waals surface area (Å²) in [6, 6.07) is 9.40. The van der Waals surface area contributed by atoms with Gasteiger partial charge in [0.2, 0.25) is 0 Å². The van der Waals surface area contributed by atoms with E-state index in [1.807, 2.05) is 6.07 Å². The molecule has 0 fully saturated rings. The molecule has 0 radical (unpaired) electrons. The summed E-state index contributed by atoms with van der Waals surface area (Å²) in [5.74, 6) is -1.46. The molecule has 1 N–H and O–H groups in total. The molecule has 1 rings (SSSR count). The van der Waals surface area contributed by atoms with Crippen molar-refractivity contribution in [3.05, 3.63) is 35.9 Å². The van der Waals surface area contributed by atoms with Crippen LogP contribution in [0.5, 0.6) is 0 Å². The van der Waals surface area contributed by atoms with Gasteiger partial charge in [-0.15, -0.1) is 0 Å². The van der Waals surface area contributed by atoms with E-state index in [1.54, 1.807) is 30.3 Å². The maximum absolute atomic E-state index is 12.1. The summed E-state index contributed by atoms with van der Waals surface area (Å²) in [5.41, 5.74) is 0.420. The van der Waals surface area contributed by atoms with Crippen molar-refractivity contribution < 1.29 is 14.7 Å². The molecule has 0 saturated heterocycles. The van der Waals surface area contributed by atoms with Gasteiger partial charge < -0.3 is 10.0 Å². The maximum Gasteiger partial charge on any atom is 0.326 e. The van der Waals surface area contributed by atoms with E-state index < -0.39 is 12.0 Å². The van der Waals surface area contributed by atoms with E-state index in [0.717, 1.165) is 0 Å². The van der Waals surface area contributed by atoms with Crippen LogP contribution >= 0.6 is 0 Å². The zero-order valence-electron chi connectivity index (χ0n) is 10.0. The number of carboxylic acids is 1. The quantitative estimate of drug-likeness (QED) is 0.853. The molecule has 94 valence electrons. The summed E-state index contributed by atoms with van der Waals surface area (Å²) in [6.07, 6.45) is 0.107. The summed E-state index contributed by atoms with van der Waals surface area (Å²) in [7, 11) is 0. The lowest BCUT2D eigenvalue weighted by Crippen LogP contribution is -2.43. The fraction of sp³-hybridized carbons (Fsp3) is 0.308. The number of amides is 1. The highest BCUT2D eigenvalue weighted by Crippen LogP contribution is 2.09. The van der Waals surface area contributed by atoms with E-state index in [4.69, 9.17) is 10.4 Å². The highest BCUT2D eigenvalue weighted by molar-refractivity contribution is 5.96. The van der Waals surface area contributed by atoms with E-state index >= 15 is 0 Å². The van der Waals surface area contributed by atoms with Gasteiger partial charge in [-0.1, -0.05) is 18.2 Å². The summed E-state index contributed by atoms with van der Waals surface area (Å²) >= 11 is 0. The van der Waals surface area contributed by atoms with Crippen molar-refractivity contribution in [2.45, 2.75) is 19.4 Å². The number of nitrogens with zero attached hydrogens (tertiary/aromatic N) is 2. The van der Waals surface area contributed by atoms with Crippen LogP contribution in [0.2, 0.25) is 0 Å². The Morgan fingerprint density at radius 3 is 2.50 bits per heavy atom. The highest BCUT2D eigenvalue weighted by Gasteiger charge is 2.25. The van der Waals surface area contributed by atoms with E-state index in [9.17, 15) is 9.59 Å². The molecule has 1 aromatic rings. The van der Waals surface area contributed by atoms with Gasteiger partial charge in [0.25, 0.3) is 5.91 Å². The van der Waals surface area contributed by atoms with Crippen molar-refractivity contribution in [1.29, 1.82) is 5.26 Å². The Morgan fingerprint density at radius 2 is 2.00 bits per heavy atom. The maximum atomic E-state index is 12.1. The van der Waals surface area contributed by atoms with E-state index in [-0.39, 0.29) is 18.9 Å². The van der Waals surface area contributed by atoms with Crippen molar-refractivity contribution in [1.82, 2.24) is 4.90 Å². The first kappa shape index (κ1) is 13.7. The number of carbonyl (C=O) groups is 2. The summed E-state index contributed by atoms with van der Waals surface area (Å²) in [4.78, 5) is 24.3. The molecular weight excluding hydrogens is 232 g/mol. The highest BCUT2D eigenvalue weighted by atomic mass is 16.4. The molecule has 1 unspecified atom stereocenters. The van der Waals surface area contributed by atoms with Crippen LogP contribution in [0.25, 0.3) is 0 Å². The summed E-state index contributed by atoms with van der Waals surface area (Å²) in [5, 5.41) is 17.5. The molecule has 1 amide bonds. The van der Waals surface area contributed by atoms with Crippen LogP contribution in [-0.2, 0) is 4.79 Å². The van der Waals surface area contributed by atoms with Gasteiger partial charge in [-0.2, -0.15) is 5.26 Å². The molecule has 0 aliphatic carbocycles. The zero-order chi connectivity index (χ0) is 13.5. The minimum absolute atomic E-state index is 0.107. The molecule has 0 spiro atoms. The molecule has 5 heteroatoms. The minimum atomic E-state index is -1.09. The number of benzene rings is 1. The first-order valence-electron chi connectivity index (χ1n) is 5.53. The van der Waals surface area contributed by atoms with Crippen molar-refractivity contribution in [2.75, 3.05) is 6.54 Å². The van der Waals surface area contributed by atoms with Crippen LogP contribution in [-0.4, -0.2) is 34.5 Å². The summed E-state index contributed by atoms with van der Waals surface area (Å²) in [6.45, 7) is 1.54. The topological polar surface area (TPSA) is 81.4 Å². The van der Waals surface area contributed by atoms with Crippen LogP contribution < -0.4 is 0 Å². The van der Waals surface area contributed by atoms with Gasteiger partial charge in [0.1, 0.15) is 6.04 Å². The molecule has 0 aromatic heterocycles. The SMILES string of the molecule is CC(C(=O)O)N(CCC#N)C(=O)c1ccccc1. The number of carboxylic acid groups (broad SMARTS) is 1. The summed E-state index contributed by atoms with van der Waals surface area (Å²) < 4.78 is 0. The van der Waals surface area contributed by atoms with Gasteiger partial charge in [-0.3, -0.25) is 4.79 Å². The molecule has 0 aliphatic rings. The predicted octanol–water partition coefficient (Wildman–Crippen LogP) is 1.52. The average molecular weight is 246 g/mol. The molecular formula is C13H14N2O3. The number of hydrogen-bond acceptors (Lipinski definition) is 3. The fourth-order valence-electron chi connectivity index (χ4n) is 1.52. The normalized spacial score (nSPS) is 11.3. The van der Waals surface area contributed by atoms with Crippen LogP contribution in [0.3, 0.4) is 0 Å². The lowest BCUT2D eigenvalue weighted by molar-refractivity contribution is -0.141. The van der Waals surface area contributed by atoms with Crippen LogP contribution in [0.4, 0.5) is 0 Å². The average Bonchev–Trinajstić information content (AvgIpc) is 2.39. The molecule has 1 aromatic carbocycles.